The number of carbonyl (C=O) groups is 1. The lowest BCUT2D eigenvalue weighted by atomic mass is 9.99. The Labute approximate surface area is 194 Å². The van der Waals surface area contributed by atoms with Crippen molar-refractivity contribution in [3.8, 4) is 28.7 Å². The number of methoxy groups -OCH3 is 2. The zero-order chi connectivity index (χ0) is 25.0. The van der Waals surface area contributed by atoms with Crippen LogP contribution in [0, 0.1) is 0 Å². The molecular weight excluding hydrogens is 452 g/mol. The summed E-state index contributed by atoms with van der Waals surface area (Å²) < 4.78 is 20.9. The van der Waals surface area contributed by atoms with Crippen LogP contribution in [0.15, 0.2) is 36.4 Å². The minimum atomic E-state index is -1.72. The first-order valence-corrected chi connectivity index (χ1v) is 10.2. The van der Waals surface area contributed by atoms with Gasteiger partial charge in [-0.3, -0.25) is 4.79 Å². The largest absolute Gasteiger partial charge is 0.504 e. The van der Waals surface area contributed by atoms with Crippen molar-refractivity contribution in [3.05, 3.63) is 47.5 Å². The molecule has 0 spiro atoms. The fourth-order valence-corrected chi connectivity index (χ4v) is 3.36. The van der Waals surface area contributed by atoms with Gasteiger partial charge in [0.25, 0.3) is 0 Å². The SMILES string of the molecule is COc1ccc(C=CC(=O)c2ccc(OC3OC(CO)C(O)C(O)C3O)c(O)c2O)cc1OC. The Balaban J connectivity index is 1.77. The van der Waals surface area contributed by atoms with Gasteiger partial charge < -0.3 is 49.6 Å². The molecule has 1 heterocycles. The van der Waals surface area contributed by atoms with E-state index in [-0.39, 0.29) is 11.3 Å². The van der Waals surface area contributed by atoms with Crippen LogP contribution >= 0.6 is 0 Å². The minimum Gasteiger partial charge on any atom is -0.504 e. The summed E-state index contributed by atoms with van der Waals surface area (Å²) in [5, 5.41) is 59.6. The molecule has 1 aliphatic rings. The quantitative estimate of drug-likeness (QED) is 0.173. The summed E-state index contributed by atoms with van der Waals surface area (Å²) in [6.07, 6.45) is -5.11. The molecule has 2 aromatic carbocycles. The van der Waals surface area contributed by atoms with Gasteiger partial charge in [-0.2, -0.15) is 0 Å². The number of aliphatic hydroxyl groups is 4. The number of ether oxygens (including phenoxy) is 4. The van der Waals surface area contributed by atoms with Crippen molar-refractivity contribution < 1.29 is 54.4 Å². The van der Waals surface area contributed by atoms with Crippen LogP contribution in [0.1, 0.15) is 15.9 Å². The molecule has 0 bridgehead atoms. The van der Waals surface area contributed by atoms with Crippen molar-refractivity contribution in [3.63, 3.8) is 0 Å². The van der Waals surface area contributed by atoms with E-state index in [4.69, 9.17) is 18.9 Å². The van der Waals surface area contributed by atoms with Gasteiger partial charge in [0, 0.05) is 0 Å². The van der Waals surface area contributed by atoms with E-state index < -0.39 is 54.6 Å². The number of rotatable bonds is 8. The van der Waals surface area contributed by atoms with Crippen molar-refractivity contribution in [1.82, 2.24) is 0 Å². The van der Waals surface area contributed by atoms with E-state index in [2.05, 4.69) is 0 Å². The molecule has 34 heavy (non-hydrogen) atoms. The maximum atomic E-state index is 12.6. The normalized spacial score (nSPS) is 24.7. The third kappa shape index (κ3) is 5.08. The zero-order valence-electron chi connectivity index (χ0n) is 18.4. The third-order valence-electron chi connectivity index (χ3n) is 5.31. The molecule has 11 heteroatoms. The Bertz CT molecular complexity index is 1050. The maximum Gasteiger partial charge on any atom is 0.229 e. The first-order valence-electron chi connectivity index (χ1n) is 10.2. The van der Waals surface area contributed by atoms with Gasteiger partial charge in [0.05, 0.1) is 26.4 Å². The molecule has 11 nitrogen and oxygen atoms in total. The molecule has 3 rings (SSSR count). The summed E-state index contributed by atoms with van der Waals surface area (Å²) >= 11 is 0. The summed E-state index contributed by atoms with van der Waals surface area (Å²) in [4.78, 5) is 12.6. The summed E-state index contributed by atoms with van der Waals surface area (Å²) in [5.74, 6) is -1.58. The number of allylic oxidation sites excluding steroid dienone is 1. The predicted octanol–water partition coefficient (Wildman–Crippen LogP) is 0.190. The highest BCUT2D eigenvalue weighted by Crippen LogP contribution is 2.40. The Kier molecular flexibility index (Phi) is 7.97. The van der Waals surface area contributed by atoms with E-state index in [1.807, 2.05) is 0 Å². The lowest BCUT2D eigenvalue weighted by Crippen LogP contribution is -2.60. The number of aliphatic hydroxyl groups excluding tert-OH is 4. The molecule has 0 aromatic heterocycles. The van der Waals surface area contributed by atoms with Gasteiger partial charge in [0.1, 0.15) is 24.4 Å². The number of phenolic OH excluding ortho intramolecular Hbond substituents is 2. The summed E-state index contributed by atoms with van der Waals surface area (Å²) in [6, 6.07) is 7.36. The third-order valence-corrected chi connectivity index (χ3v) is 5.31. The maximum absolute atomic E-state index is 12.6. The number of aromatic hydroxyl groups is 2. The topological polar surface area (TPSA) is 175 Å². The minimum absolute atomic E-state index is 0.227. The molecule has 1 saturated heterocycles. The molecule has 0 amide bonds. The summed E-state index contributed by atoms with van der Waals surface area (Å²) in [6.45, 7) is -0.665. The Morgan fingerprint density at radius 2 is 1.62 bits per heavy atom. The van der Waals surface area contributed by atoms with Crippen LogP contribution in [-0.4, -0.2) is 88.0 Å². The van der Waals surface area contributed by atoms with Crippen LogP contribution in [0.2, 0.25) is 0 Å². The molecule has 0 radical (unpaired) electrons. The van der Waals surface area contributed by atoms with Gasteiger partial charge in [-0.05, 0) is 35.9 Å². The van der Waals surface area contributed by atoms with Crippen LogP contribution in [0.5, 0.6) is 28.7 Å². The zero-order valence-corrected chi connectivity index (χ0v) is 18.4. The molecule has 5 atom stereocenters. The monoisotopic (exact) mass is 478 g/mol. The van der Waals surface area contributed by atoms with Crippen molar-refractivity contribution in [2.45, 2.75) is 30.7 Å². The molecule has 0 saturated carbocycles. The van der Waals surface area contributed by atoms with Gasteiger partial charge in [0.2, 0.25) is 12.0 Å². The average Bonchev–Trinajstić information content (AvgIpc) is 2.85. The average molecular weight is 478 g/mol. The van der Waals surface area contributed by atoms with Crippen molar-refractivity contribution in [1.29, 1.82) is 0 Å². The van der Waals surface area contributed by atoms with Gasteiger partial charge >= 0.3 is 0 Å². The van der Waals surface area contributed by atoms with Gasteiger partial charge in [-0.1, -0.05) is 12.1 Å². The highest BCUT2D eigenvalue weighted by Gasteiger charge is 2.45. The molecule has 6 N–H and O–H groups in total. The number of benzene rings is 2. The molecule has 1 fully saturated rings. The van der Waals surface area contributed by atoms with Crippen LogP contribution < -0.4 is 14.2 Å². The predicted molar refractivity (Wildman–Crippen MR) is 117 cm³/mol. The van der Waals surface area contributed by atoms with Crippen molar-refractivity contribution >= 4 is 11.9 Å². The van der Waals surface area contributed by atoms with Gasteiger partial charge in [0.15, 0.2) is 28.8 Å². The molecule has 0 aliphatic carbocycles. The highest BCUT2D eigenvalue weighted by atomic mass is 16.7. The van der Waals surface area contributed by atoms with E-state index in [0.29, 0.717) is 17.1 Å². The molecule has 184 valence electrons. The molecule has 1 aliphatic heterocycles. The van der Waals surface area contributed by atoms with Crippen LogP contribution in [0.3, 0.4) is 0 Å². The lowest BCUT2D eigenvalue weighted by Gasteiger charge is -2.39. The number of hydrogen-bond donors (Lipinski definition) is 6. The molecular formula is C23H26O11. The molecule has 2 aromatic rings. The number of phenols is 2. The number of carbonyl (C=O) groups excluding carboxylic acids is 1. The van der Waals surface area contributed by atoms with E-state index in [9.17, 15) is 35.4 Å². The van der Waals surface area contributed by atoms with E-state index in [1.165, 1.54) is 32.4 Å². The van der Waals surface area contributed by atoms with Crippen molar-refractivity contribution in [2.75, 3.05) is 20.8 Å². The highest BCUT2D eigenvalue weighted by molar-refractivity contribution is 6.09. The van der Waals surface area contributed by atoms with Crippen LogP contribution in [0.25, 0.3) is 6.08 Å². The van der Waals surface area contributed by atoms with E-state index in [0.717, 1.165) is 6.07 Å². The lowest BCUT2D eigenvalue weighted by molar-refractivity contribution is -0.277. The van der Waals surface area contributed by atoms with Gasteiger partial charge in [-0.15, -0.1) is 0 Å². The van der Waals surface area contributed by atoms with Crippen LogP contribution in [-0.2, 0) is 4.74 Å². The smallest absolute Gasteiger partial charge is 0.229 e. The van der Waals surface area contributed by atoms with Crippen molar-refractivity contribution in [2.24, 2.45) is 0 Å². The summed E-state index contributed by atoms with van der Waals surface area (Å²) in [7, 11) is 2.97. The Morgan fingerprint density at radius 1 is 0.941 bits per heavy atom. The second kappa shape index (κ2) is 10.7. The van der Waals surface area contributed by atoms with Gasteiger partial charge in [-0.25, -0.2) is 0 Å². The Morgan fingerprint density at radius 3 is 2.26 bits per heavy atom. The number of ketones is 1. The number of hydrogen-bond acceptors (Lipinski definition) is 11. The second-order valence-electron chi connectivity index (χ2n) is 7.44. The Hall–Kier alpha value is -3.35. The van der Waals surface area contributed by atoms with E-state index in [1.54, 1.807) is 18.2 Å². The second-order valence-corrected chi connectivity index (χ2v) is 7.44. The first-order chi connectivity index (χ1) is 16.2. The summed E-state index contributed by atoms with van der Waals surface area (Å²) in [5.41, 5.74) is 0.396. The fourth-order valence-electron chi connectivity index (χ4n) is 3.36. The first kappa shape index (κ1) is 25.3. The van der Waals surface area contributed by atoms with E-state index >= 15 is 0 Å². The standard InChI is InChI=1S/C23H26O11/c1-31-14-7-4-11(9-16(14)32-2)3-6-13(25)12-5-8-15(19(27)18(12)26)33-23-22(30)21(29)20(28)17(10-24)34-23/h3-9,17,20-24,26-30H,10H2,1-2H3. The van der Waals surface area contributed by atoms with Crippen LogP contribution in [0.4, 0.5) is 0 Å². The molecule has 5 unspecified atom stereocenters. The fraction of sp³-hybridized carbons (Fsp3) is 0.348.